The summed E-state index contributed by atoms with van der Waals surface area (Å²) in [6, 6.07) is 13.1. The second kappa shape index (κ2) is 8.02. The number of ether oxygens (including phenoxy) is 2. The first-order valence-electron chi connectivity index (χ1n) is 7.05. The maximum Gasteiger partial charge on any atom is 0.258 e. The molecular weight excluding hydrogens is 285 g/mol. The van der Waals surface area contributed by atoms with E-state index in [9.17, 15) is 9.18 Å². The molecule has 2 aromatic carbocycles. The summed E-state index contributed by atoms with van der Waals surface area (Å²) in [6.07, 6.45) is 0. The Morgan fingerprint density at radius 2 is 1.82 bits per heavy atom. The molecule has 0 aliphatic rings. The standard InChI is InChI=1S/C17H18FNO3/c1-2-21-16-6-4-3-5-13(16)11-19-17(20)12-22-15-9-7-14(18)8-10-15/h3-10H,2,11-12H2,1H3,(H,19,20). The molecule has 0 spiro atoms. The number of amides is 1. The smallest absolute Gasteiger partial charge is 0.258 e. The van der Waals surface area contributed by atoms with E-state index in [1.54, 1.807) is 0 Å². The van der Waals surface area contributed by atoms with Crippen molar-refractivity contribution in [2.24, 2.45) is 0 Å². The highest BCUT2D eigenvalue weighted by atomic mass is 19.1. The normalized spacial score (nSPS) is 10.1. The van der Waals surface area contributed by atoms with E-state index in [0.717, 1.165) is 11.3 Å². The molecular formula is C17H18FNO3. The lowest BCUT2D eigenvalue weighted by atomic mass is 10.2. The number of nitrogens with one attached hydrogen (secondary N) is 1. The van der Waals surface area contributed by atoms with E-state index in [0.29, 0.717) is 18.9 Å². The predicted molar refractivity (Wildman–Crippen MR) is 81.4 cm³/mol. The fourth-order valence-electron chi connectivity index (χ4n) is 1.87. The number of carbonyl (C=O) groups is 1. The summed E-state index contributed by atoms with van der Waals surface area (Å²) in [5.74, 6) is 0.607. The molecule has 0 atom stereocenters. The van der Waals surface area contributed by atoms with Crippen molar-refractivity contribution in [1.29, 1.82) is 0 Å². The van der Waals surface area contributed by atoms with Crippen molar-refractivity contribution in [2.45, 2.75) is 13.5 Å². The van der Waals surface area contributed by atoms with Crippen LogP contribution >= 0.6 is 0 Å². The van der Waals surface area contributed by atoms with Gasteiger partial charge in [-0.2, -0.15) is 0 Å². The van der Waals surface area contributed by atoms with Gasteiger partial charge in [-0.15, -0.1) is 0 Å². The van der Waals surface area contributed by atoms with Crippen molar-refractivity contribution < 1.29 is 18.7 Å². The number of halogens is 1. The molecule has 2 aromatic rings. The summed E-state index contributed by atoms with van der Waals surface area (Å²) in [5, 5.41) is 2.76. The van der Waals surface area contributed by atoms with Gasteiger partial charge in [0.05, 0.1) is 6.61 Å². The second-order valence-electron chi connectivity index (χ2n) is 4.56. The Bertz CT molecular complexity index is 614. The molecule has 22 heavy (non-hydrogen) atoms. The first-order valence-corrected chi connectivity index (χ1v) is 7.05. The van der Waals surface area contributed by atoms with Crippen LogP contribution in [0.4, 0.5) is 4.39 Å². The highest BCUT2D eigenvalue weighted by Crippen LogP contribution is 2.17. The molecule has 5 heteroatoms. The van der Waals surface area contributed by atoms with Crippen LogP contribution in [-0.4, -0.2) is 19.1 Å². The summed E-state index contributed by atoms with van der Waals surface area (Å²) in [7, 11) is 0. The topological polar surface area (TPSA) is 47.6 Å². The van der Waals surface area contributed by atoms with Crippen molar-refractivity contribution in [3.05, 3.63) is 59.9 Å². The molecule has 0 heterocycles. The number of rotatable bonds is 7. The third kappa shape index (κ3) is 4.77. The average Bonchev–Trinajstić information content (AvgIpc) is 2.54. The van der Waals surface area contributed by atoms with Crippen LogP contribution in [0.1, 0.15) is 12.5 Å². The third-order valence-corrected chi connectivity index (χ3v) is 2.93. The molecule has 4 nitrogen and oxygen atoms in total. The quantitative estimate of drug-likeness (QED) is 0.855. The molecule has 1 amide bonds. The maximum atomic E-state index is 12.7. The van der Waals surface area contributed by atoms with Crippen LogP contribution in [-0.2, 0) is 11.3 Å². The van der Waals surface area contributed by atoms with E-state index < -0.39 is 0 Å². The number of benzene rings is 2. The van der Waals surface area contributed by atoms with Gasteiger partial charge in [0.25, 0.3) is 5.91 Å². The molecule has 0 aliphatic carbocycles. The van der Waals surface area contributed by atoms with E-state index in [1.807, 2.05) is 31.2 Å². The molecule has 1 N–H and O–H groups in total. The summed E-state index contributed by atoms with van der Waals surface area (Å²) < 4.78 is 23.5. The molecule has 0 bridgehead atoms. The first-order chi connectivity index (χ1) is 10.7. The van der Waals surface area contributed by atoms with Gasteiger partial charge >= 0.3 is 0 Å². The molecule has 0 radical (unpaired) electrons. The van der Waals surface area contributed by atoms with Crippen LogP contribution < -0.4 is 14.8 Å². The molecule has 2 rings (SSSR count). The van der Waals surface area contributed by atoms with Crippen molar-refractivity contribution in [2.75, 3.05) is 13.2 Å². The van der Waals surface area contributed by atoms with Crippen LogP contribution in [0.15, 0.2) is 48.5 Å². The highest BCUT2D eigenvalue weighted by molar-refractivity contribution is 5.77. The highest BCUT2D eigenvalue weighted by Gasteiger charge is 2.06. The minimum Gasteiger partial charge on any atom is -0.494 e. The van der Waals surface area contributed by atoms with Crippen molar-refractivity contribution in [3.8, 4) is 11.5 Å². The lowest BCUT2D eigenvalue weighted by Crippen LogP contribution is -2.28. The molecule has 0 aliphatic heterocycles. The fourth-order valence-corrected chi connectivity index (χ4v) is 1.87. The zero-order valence-electron chi connectivity index (χ0n) is 12.3. The second-order valence-corrected chi connectivity index (χ2v) is 4.56. The largest absolute Gasteiger partial charge is 0.494 e. The fraction of sp³-hybridized carbons (Fsp3) is 0.235. The Hall–Kier alpha value is -2.56. The SMILES string of the molecule is CCOc1ccccc1CNC(=O)COc1ccc(F)cc1. The number of hydrogen-bond acceptors (Lipinski definition) is 3. The predicted octanol–water partition coefficient (Wildman–Crippen LogP) is 2.92. The Balaban J connectivity index is 1.81. The van der Waals surface area contributed by atoms with Gasteiger partial charge in [-0.25, -0.2) is 4.39 Å². The van der Waals surface area contributed by atoms with Crippen LogP contribution in [0.5, 0.6) is 11.5 Å². The molecule has 0 aromatic heterocycles. The van der Waals surface area contributed by atoms with Gasteiger partial charge in [0.15, 0.2) is 6.61 Å². The van der Waals surface area contributed by atoms with Crippen LogP contribution in [0, 0.1) is 5.82 Å². The van der Waals surface area contributed by atoms with Gasteiger partial charge in [-0.3, -0.25) is 4.79 Å². The van der Waals surface area contributed by atoms with E-state index in [2.05, 4.69) is 5.32 Å². The number of para-hydroxylation sites is 1. The van der Waals surface area contributed by atoms with E-state index >= 15 is 0 Å². The molecule has 0 unspecified atom stereocenters. The zero-order valence-corrected chi connectivity index (χ0v) is 12.3. The van der Waals surface area contributed by atoms with Gasteiger partial charge in [0.2, 0.25) is 0 Å². The molecule has 0 fully saturated rings. The lowest BCUT2D eigenvalue weighted by Gasteiger charge is -2.11. The van der Waals surface area contributed by atoms with Crippen LogP contribution in [0.3, 0.4) is 0 Å². The van der Waals surface area contributed by atoms with Gasteiger partial charge in [0, 0.05) is 12.1 Å². The van der Waals surface area contributed by atoms with E-state index in [1.165, 1.54) is 24.3 Å². The van der Waals surface area contributed by atoms with Crippen molar-refractivity contribution in [1.82, 2.24) is 5.32 Å². The molecule has 0 saturated heterocycles. The summed E-state index contributed by atoms with van der Waals surface area (Å²) in [4.78, 5) is 11.8. The van der Waals surface area contributed by atoms with Gasteiger partial charge in [-0.05, 0) is 37.3 Å². The average molecular weight is 303 g/mol. The Morgan fingerprint density at radius 3 is 2.55 bits per heavy atom. The van der Waals surface area contributed by atoms with E-state index in [4.69, 9.17) is 9.47 Å². The Morgan fingerprint density at radius 1 is 1.09 bits per heavy atom. The van der Waals surface area contributed by atoms with Crippen molar-refractivity contribution >= 4 is 5.91 Å². The van der Waals surface area contributed by atoms with Gasteiger partial charge in [0.1, 0.15) is 17.3 Å². The zero-order chi connectivity index (χ0) is 15.8. The molecule has 0 saturated carbocycles. The van der Waals surface area contributed by atoms with Crippen LogP contribution in [0.25, 0.3) is 0 Å². The third-order valence-electron chi connectivity index (χ3n) is 2.93. The van der Waals surface area contributed by atoms with E-state index in [-0.39, 0.29) is 18.3 Å². The summed E-state index contributed by atoms with van der Waals surface area (Å²) in [6.45, 7) is 2.72. The Kier molecular flexibility index (Phi) is 5.77. The number of carbonyl (C=O) groups excluding carboxylic acids is 1. The monoisotopic (exact) mass is 303 g/mol. The maximum absolute atomic E-state index is 12.7. The Labute approximate surface area is 128 Å². The minimum atomic E-state index is -0.343. The number of hydrogen-bond donors (Lipinski definition) is 1. The minimum absolute atomic E-state index is 0.123. The lowest BCUT2D eigenvalue weighted by molar-refractivity contribution is -0.123. The summed E-state index contributed by atoms with van der Waals surface area (Å²) in [5.41, 5.74) is 0.902. The van der Waals surface area contributed by atoms with Gasteiger partial charge in [-0.1, -0.05) is 18.2 Å². The van der Waals surface area contributed by atoms with Crippen molar-refractivity contribution in [3.63, 3.8) is 0 Å². The van der Waals surface area contributed by atoms with Crippen LogP contribution in [0.2, 0.25) is 0 Å². The summed E-state index contributed by atoms with van der Waals surface area (Å²) >= 11 is 0. The van der Waals surface area contributed by atoms with Gasteiger partial charge < -0.3 is 14.8 Å². The first kappa shape index (κ1) is 15.8. The molecule has 116 valence electrons.